The van der Waals surface area contributed by atoms with Gasteiger partial charge in [-0.1, -0.05) is 0 Å². The Bertz CT molecular complexity index is 636. The van der Waals surface area contributed by atoms with Crippen LogP contribution in [-0.2, 0) is 0 Å². The first-order chi connectivity index (χ1) is 10.3. The molecule has 1 aromatic carbocycles. The van der Waals surface area contributed by atoms with Crippen LogP contribution >= 0.6 is 0 Å². The Hall–Kier alpha value is -1.36. The van der Waals surface area contributed by atoms with Gasteiger partial charge in [-0.2, -0.15) is 0 Å². The minimum absolute atomic E-state index is 0.544. The predicted octanol–water partition coefficient (Wildman–Crippen LogP) is 0.815. The number of benzene rings is 1. The number of hydrogen-bond acceptors (Lipinski definition) is 5. The van der Waals surface area contributed by atoms with Crippen LogP contribution < -0.4 is 9.36 Å². The van der Waals surface area contributed by atoms with Gasteiger partial charge in [-0.05, 0) is 0 Å². The molecule has 0 saturated carbocycles. The van der Waals surface area contributed by atoms with Gasteiger partial charge in [0.2, 0.25) is 0 Å². The van der Waals surface area contributed by atoms with E-state index in [0.29, 0.717) is 17.9 Å². The van der Waals surface area contributed by atoms with E-state index in [0.717, 1.165) is 23.1 Å². The number of piperidine rings is 1. The monoisotopic (exact) mass is 349 g/mol. The van der Waals surface area contributed by atoms with Gasteiger partial charge in [0.15, 0.2) is 0 Å². The topological polar surface area (TPSA) is 45.4 Å². The molecule has 6 heteroatoms. The van der Waals surface area contributed by atoms with Crippen LogP contribution in [0.15, 0.2) is 28.7 Å². The summed E-state index contributed by atoms with van der Waals surface area (Å²) in [5.41, 5.74) is 0.966. The normalized spacial score (nSPS) is 25.0. The molecule has 0 spiro atoms. The van der Waals surface area contributed by atoms with Gasteiger partial charge < -0.3 is 0 Å². The van der Waals surface area contributed by atoms with Gasteiger partial charge in [-0.3, -0.25) is 0 Å². The Kier molecular flexibility index (Phi) is 3.45. The van der Waals surface area contributed by atoms with Crippen molar-refractivity contribution in [1.82, 2.24) is 15.1 Å². The second-order valence-corrected chi connectivity index (χ2v) is 6.67. The number of fused-ring (bicyclic) bond motifs is 4. The fourth-order valence-corrected chi connectivity index (χ4v) is 3.65. The molecule has 0 aliphatic carbocycles. The summed E-state index contributed by atoms with van der Waals surface area (Å²) in [4.78, 5) is 4.82. The molecule has 3 fully saturated rings. The summed E-state index contributed by atoms with van der Waals surface area (Å²) in [6.07, 6.45) is 2.38. The fraction of sp³-hybridized carbons (Fsp3) is 0.467. The molecular formula is C15H17N4OSe. The molecule has 1 radical (unpaired) electrons. The molecule has 0 N–H and O–H groups in total. The first-order valence-electron chi connectivity index (χ1n) is 7.39. The molecule has 3 aliphatic heterocycles. The molecule has 4 heterocycles. The van der Waals surface area contributed by atoms with Crippen LogP contribution in [0.1, 0.15) is 12.8 Å². The maximum atomic E-state index is 5.94. The third-order valence-corrected chi connectivity index (χ3v) is 4.93. The Labute approximate surface area is 132 Å². The molecule has 0 unspecified atom stereocenters. The second kappa shape index (κ2) is 5.44. The zero-order chi connectivity index (χ0) is 14.2. The summed E-state index contributed by atoms with van der Waals surface area (Å²) in [5.74, 6) is 0.598. The van der Waals surface area contributed by atoms with Crippen LogP contribution in [0, 0.1) is 0 Å². The summed E-state index contributed by atoms with van der Waals surface area (Å²) < 4.78 is 7.02. The van der Waals surface area contributed by atoms with Crippen LogP contribution in [0.25, 0.3) is 11.5 Å². The Morgan fingerprint density at radius 2 is 1.95 bits per heavy atom. The molecule has 2 bridgehead atoms. The van der Waals surface area contributed by atoms with Crippen molar-refractivity contribution in [2.75, 3.05) is 31.1 Å². The number of hydrogen-bond donors (Lipinski definition) is 0. The zero-order valence-corrected chi connectivity index (χ0v) is 13.4. The zero-order valence-electron chi connectivity index (χ0n) is 11.7. The number of nitrogens with zero attached hydrogens (tertiary/aromatic N) is 4. The summed E-state index contributed by atoms with van der Waals surface area (Å²) in [6.45, 7) is 4.45. The van der Waals surface area contributed by atoms with Crippen molar-refractivity contribution in [3.8, 4) is 11.5 Å². The first-order valence-corrected chi connectivity index (χ1v) is 8.25. The summed E-state index contributed by atoms with van der Waals surface area (Å²) in [6, 6.07) is 9.25. The van der Waals surface area contributed by atoms with E-state index < -0.39 is 0 Å². The molecule has 5 nitrogen and oxygen atoms in total. The van der Waals surface area contributed by atoms with Crippen molar-refractivity contribution >= 4 is 26.5 Å². The molecule has 21 heavy (non-hydrogen) atoms. The van der Waals surface area contributed by atoms with E-state index in [2.05, 4.69) is 36.0 Å². The van der Waals surface area contributed by atoms with E-state index in [1.165, 1.54) is 25.9 Å². The van der Waals surface area contributed by atoms with Crippen LogP contribution in [0.3, 0.4) is 0 Å². The van der Waals surface area contributed by atoms with Gasteiger partial charge in [-0.15, -0.1) is 0 Å². The molecule has 3 saturated heterocycles. The van der Waals surface area contributed by atoms with Crippen molar-refractivity contribution in [3.05, 3.63) is 24.3 Å². The van der Waals surface area contributed by atoms with E-state index in [1.54, 1.807) is 0 Å². The van der Waals surface area contributed by atoms with E-state index >= 15 is 0 Å². The van der Waals surface area contributed by atoms with E-state index in [4.69, 9.17) is 4.42 Å². The van der Waals surface area contributed by atoms with Crippen molar-refractivity contribution in [2.45, 2.75) is 18.9 Å². The van der Waals surface area contributed by atoms with Crippen molar-refractivity contribution in [3.63, 3.8) is 0 Å². The summed E-state index contributed by atoms with van der Waals surface area (Å²) in [7, 11) is 0. The van der Waals surface area contributed by atoms with Crippen molar-refractivity contribution < 1.29 is 4.42 Å². The Balaban J connectivity index is 1.62. The van der Waals surface area contributed by atoms with Crippen molar-refractivity contribution in [1.29, 1.82) is 0 Å². The minimum atomic E-state index is 0.544. The molecule has 1 aromatic heterocycles. The van der Waals surface area contributed by atoms with Gasteiger partial charge in [0.05, 0.1) is 0 Å². The van der Waals surface area contributed by atoms with Gasteiger partial charge in [0.25, 0.3) is 0 Å². The molecule has 0 atom stereocenters. The quantitative estimate of drug-likeness (QED) is 0.752. The average molecular weight is 348 g/mol. The third-order valence-electron chi connectivity index (χ3n) is 4.40. The van der Waals surface area contributed by atoms with E-state index in [1.807, 2.05) is 24.3 Å². The summed E-state index contributed by atoms with van der Waals surface area (Å²) in [5, 5.41) is 8.51. The first kappa shape index (κ1) is 13.3. The second-order valence-electron chi connectivity index (χ2n) is 5.68. The predicted molar refractivity (Wildman–Crippen MR) is 81.9 cm³/mol. The van der Waals surface area contributed by atoms with Gasteiger partial charge >= 0.3 is 132 Å². The average Bonchev–Trinajstić information content (AvgIpc) is 2.80. The summed E-state index contributed by atoms with van der Waals surface area (Å²) >= 11 is 3.01. The van der Waals surface area contributed by atoms with Crippen LogP contribution in [0.5, 0.6) is 0 Å². The van der Waals surface area contributed by atoms with E-state index in [-0.39, 0.29) is 0 Å². The standard InChI is InChI=1S/C15H17N4OSe/c21-13-3-1-2-11(10-13)14-16-17-15(20-14)19-9-8-18-6-4-12(19)5-7-18/h1-3,10,12H,4-9H2. The van der Waals surface area contributed by atoms with Crippen molar-refractivity contribution in [2.24, 2.45) is 0 Å². The number of aromatic nitrogens is 2. The Morgan fingerprint density at radius 1 is 1.10 bits per heavy atom. The van der Waals surface area contributed by atoms with Crippen LogP contribution in [0.4, 0.5) is 6.01 Å². The number of anilines is 1. The number of rotatable bonds is 2. The van der Waals surface area contributed by atoms with Crippen LogP contribution in [0.2, 0.25) is 0 Å². The van der Waals surface area contributed by atoms with Gasteiger partial charge in [-0.25, -0.2) is 0 Å². The SMILES string of the molecule is [Se]c1cccc(-c2nnc(N3CCN4CCC3CC4)o2)c1. The van der Waals surface area contributed by atoms with Gasteiger partial charge in [0, 0.05) is 0 Å². The molecule has 3 aliphatic rings. The molecule has 0 amide bonds. The molecular weight excluding hydrogens is 331 g/mol. The van der Waals surface area contributed by atoms with Gasteiger partial charge in [0.1, 0.15) is 0 Å². The third kappa shape index (κ3) is 2.59. The molecule has 2 aromatic rings. The fourth-order valence-electron chi connectivity index (χ4n) is 3.22. The molecule has 5 rings (SSSR count). The van der Waals surface area contributed by atoms with Crippen LogP contribution in [-0.4, -0.2) is 63.3 Å². The molecule has 109 valence electrons. The van der Waals surface area contributed by atoms with E-state index in [9.17, 15) is 0 Å². The Morgan fingerprint density at radius 3 is 2.76 bits per heavy atom. The maximum absolute atomic E-state index is 5.94.